The molecule has 1 aromatic rings. The predicted octanol–water partition coefficient (Wildman–Crippen LogP) is 2.41. The normalized spacial score (nSPS) is 14.9. The van der Waals surface area contributed by atoms with Crippen LogP contribution >= 0.6 is 23.2 Å². The zero-order chi connectivity index (χ0) is 21.5. The number of nitrogens with one attached hydrogen (secondary N) is 2. The van der Waals surface area contributed by atoms with E-state index in [1.807, 2.05) is 0 Å². The number of amides is 1. The number of rotatable bonds is 10. The number of carboxylic acid groups (broad SMARTS) is 1. The number of sulfone groups is 1. The molecule has 0 fully saturated rings. The molecule has 0 aromatic heterocycles. The Bertz CT molecular complexity index is 776. The molecular formula is C16H21Cl2FN2O6S. The molecule has 0 spiro atoms. The molecule has 0 saturated carbocycles. The zero-order valence-electron chi connectivity index (χ0n) is 15.1. The van der Waals surface area contributed by atoms with Gasteiger partial charge in [-0.1, -0.05) is 35.3 Å². The topological polar surface area (TPSA) is 122 Å². The van der Waals surface area contributed by atoms with Gasteiger partial charge in [-0.05, 0) is 37.6 Å². The lowest BCUT2D eigenvalue weighted by Crippen LogP contribution is -2.54. The molecule has 3 N–H and O–H groups in total. The molecule has 1 aromatic carbocycles. The maximum absolute atomic E-state index is 14.5. The van der Waals surface area contributed by atoms with Crippen molar-refractivity contribution in [2.45, 2.75) is 41.0 Å². The van der Waals surface area contributed by atoms with Gasteiger partial charge in [0.1, 0.15) is 18.4 Å². The Morgan fingerprint density at radius 3 is 2.21 bits per heavy atom. The summed E-state index contributed by atoms with van der Waals surface area (Å²) in [6.45, 7) is 0. The van der Waals surface area contributed by atoms with Crippen LogP contribution in [0.5, 0.6) is 0 Å². The molecule has 0 aliphatic heterocycles. The summed E-state index contributed by atoms with van der Waals surface area (Å²) in [6, 6.07) is 5.27. The van der Waals surface area contributed by atoms with Gasteiger partial charge in [0.2, 0.25) is 0 Å². The van der Waals surface area contributed by atoms with Crippen LogP contribution in [0.4, 0.5) is 9.18 Å². The number of alkyl halides is 3. The first-order valence-corrected chi connectivity index (χ1v) is 10.8. The minimum Gasteiger partial charge on any atom is -0.450 e. The maximum atomic E-state index is 14.5. The molecule has 0 radical (unpaired) electrons. The van der Waals surface area contributed by atoms with Crippen molar-refractivity contribution >= 4 is 45.1 Å². The van der Waals surface area contributed by atoms with Gasteiger partial charge in [0.15, 0.2) is 14.7 Å². The summed E-state index contributed by atoms with van der Waals surface area (Å²) in [5, 5.41) is 13.9. The Morgan fingerprint density at radius 2 is 1.79 bits per heavy atom. The number of likely N-dealkylation sites (N-methyl/N-ethyl adjacent to an activating group) is 1. The summed E-state index contributed by atoms with van der Waals surface area (Å²) in [7, 11) is -1.95. The van der Waals surface area contributed by atoms with Gasteiger partial charge in [-0.3, -0.25) is 10.1 Å². The molecule has 0 saturated heterocycles. The van der Waals surface area contributed by atoms with Crippen molar-refractivity contribution in [3.05, 3.63) is 29.8 Å². The van der Waals surface area contributed by atoms with Crippen LogP contribution < -0.4 is 10.6 Å². The van der Waals surface area contributed by atoms with E-state index >= 15 is 0 Å². The molecular weight excluding hydrogens is 438 g/mol. The minimum absolute atomic E-state index is 0.0604. The highest BCUT2D eigenvalue weighted by molar-refractivity contribution is 7.90. The van der Waals surface area contributed by atoms with Gasteiger partial charge in [-0.15, -0.1) is 0 Å². The number of halogens is 3. The van der Waals surface area contributed by atoms with Crippen LogP contribution in [0.3, 0.4) is 0 Å². The fraction of sp³-hybridized carbons (Fsp3) is 0.500. The second-order valence-electron chi connectivity index (χ2n) is 5.88. The fourth-order valence-corrected chi connectivity index (χ4v) is 3.15. The van der Waals surface area contributed by atoms with E-state index in [0.29, 0.717) is 0 Å². The first-order chi connectivity index (χ1) is 13.0. The SMILES string of the molecule is CN[C@@H](NC(=O)C(Cl)Cl)[C@@H](CCC(F)c1ccc(S(C)(=O)=O)cc1)OC(=O)O. The van der Waals surface area contributed by atoms with E-state index in [-0.39, 0.29) is 23.3 Å². The van der Waals surface area contributed by atoms with E-state index in [1.165, 1.54) is 31.3 Å². The van der Waals surface area contributed by atoms with Gasteiger partial charge >= 0.3 is 6.16 Å². The van der Waals surface area contributed by atoms with E-state index in [2.05, 4.69) is 10.6 Å². The molecule has 12 heteroatoms. The number of carbonyl (C=O) groups excluding carboxylic acids is 1. The Labute approximate surface area is 172 Å². The molecule has 0 aliphatic carbocycles. The molecule has 158 valence electrons. The van der Waals surface area contributed by atoms with Gasteiger partial charge in [-0.25, -0.2) is 17.6 Å². The maximum Gasteiger partial charge on any atom is 0.506 e. The number of carbonyl (C=O) groups is 2. The molecule has 3 atom stereocenters. The molecule has 0 aliphatic rings. The van der Waals surface area contributed by atoms with Crippen LogP contribution in [0.1, 0.15) is 24.6 Å². The first-order valence-electron chi connectivity index (χ1n) is 8.05. The molecule has 1 amide bonds. The van der Waals surface area contributed by atoms with Gasteiger partial charge in [0.25, 0.3) is 5.91 Å². The Morgan fingerprint density at radius 1 is 1.21 bits per heavy atom. The summed E-state index contributed by atoms with van der Waals surface area (Å²) in [6.07, 6.45) is -4.38. The molecule has 1 unspecified atom stereocenters. The molecule has 28 heavy (non-hydrogen) atoms. The fourth-order valence-electron chi connectivity index (χ4n) is 2.39. The highest BCUT2D eigenvalue weighted by Crippen LogP contribution is 2.26. The average molecular weight is 459 g/mol. The van der Waals surface area contributed by atoms with Crippen molar-refractivity contribution in [1.29, 1.82) is 0 Å². The smallest absolute Gasteiger partial charge is 0.450 e. The quantitative estimate of drug-likeness (QED) is 0.279. The van der Waals surface area contributed by atoms with Crippen LogP contribution in [-0.4, -0.2) is 56.0 Å². The Balaban J connectivity index is 2.83. The lowest BCUT2D eigenvalue weighted by molar-refractivity contribution is -0.121. The molecule has 0 bridgehead atoms. The van der Waals surface area contributed by atoms with Gasteiger partial charge < -0.3 is 15.2 Å². The molecule has 1 rings (SSSR count). The van der Waals surface area contributed by atoms with Crippen LogP contribution in [0, 0.1) is 0 Å². The van der Waals surface area contributed by atoms with Gasteiger partial charge in [-0.2, -0.15) is 0 Å². The zero-order valence-corrected chi connectivity index (χ0v) is 17.4. The van der Waals surface area contributed by atoms with Crippen molar-refractivity contribution in [2.75, 3.05) is 13.3 Å². The van der Waals surface area contributed by atoms with Crippen molar-refractivity contribution in [3.63, 3.8) is 0 Å². The van der Waals surface area contributed by atoms with Crippen molar-refractivity contribution < 1.29 is 32.2 Å². The Hall–Kier alpha value is -1.62. The summed E-state index contributed by atoms with van der Waals surface area (Å²) in [4.78, 5) is 21.3. The van der Waals surface area contributed by atoms with Gasteiger partial charge in [0, 0.05) is 6.26 Å². The lowest BCUT2D eigenvalue weighted by Gasteiger charge is -2.27. The summed E-state index contributed by atoms with van der Waals surface area (Å²) < 4.78 is 42.2. The minimum atomic E-state index is -3.40. The van der Waals surface area contributed by atoms with E-state index in [9.17, 15) is 22.4 Å². The third kappa shape index (κ3) is 7.78. The van der Waals surface area contributed by atoms with Crippen molar-refractivity contribution in [2.24, 2.45) is 0 Å². The standard InChI is InChI=1S/C16H21Cl2FN2O6S/c1-20-14(21-15(22)13(17)18)12(27-16(23)24)8-7-11(19)9-3-5-10(6-4-9)28(2,25)26/h3-6,11-14,20H,7-8H2,1-2H3,(H,21,22)(H,23,24)/t11?,12-,14+/m1/s1. The van der Waals surface area contributed by atoms with E-state index in [1.54, 1.807) is 0 Å². The molecule has 8 nitrogen and oxygen atoms in total. The highest BCUT2D eigenvalue weighted by atomic mass is 35.5. The van der Waals surface area contributed by atoms with Crippen molar-refractivity contribution in [3.8, 4) is 0 Å². The van der Waals surface area contributed by atoms with Crippen LogP contribution in [0.25, 0.3) is 0 Å². The first kappa shape index (κ1) is 24.4. The highest BCUT2D eigenvalue weighted by Gasteiger charge is 2.28. The number of ether oxygens (including phenoxy) is 1. The second kappa shape index (κ2) is 10.8. The van der Waals surface area contributed by atoms with Crippen LogP contribution in [0.15, 0.2) is 29.2 Å². The van der Waals surface area contributed by atoms with Crippen LogP contribution in [-0.2, 0) is 19.4 Å². The predicted molar refractivity (Wildman–Crippen MR) is 102 cm³/mol. The van der Waals surface area contributed by atoms with E-state index in [4.69, 9.17) is 33.0 Å². The third-order valence-corrected chi connectivity index (χ3v) is 5.33. The van der Waals surface area contributed by atoms with E-state index < -0.39 is 45.2 Å². The van der Waals surface area contributed by atoms with Gasteiger partial charge in [0.05, 0.1) is 4.90 Å². The average Bonchev–Trinajstić information content (AvgIpc) is 2.61. The Kier molecular flexibility index (Phi) is 9.42. The number of benzene rings is 1. The summed E-state index contributed by atoms with van der Waals surface area (Å²) in [5.74, 6) is -0.769. The van der Waals surface area contributed by atoms with E-state index in [0.717, 1.165) is 6.26 Å². The summed E-state index contributed by atoms with van der Waals surface area (Å²) in [5.41, 5.74) is 0.230. The molecule has 0 heterocycles. The largest absolute Gasteiger partial charge is 0.506 e. The second-order valence-corrected chi connectivity index (χ2v) is 9.00. The number of hydrogen-bond acceptors (Lipinski definition) is 6. The van der Waals surface area contributed by atoms with Crippen molar-refractivity contribution in [1.82, 2.24) is 10.6 Å². The summed E-state index contributed by atoms with van der Waals surface area (Å²) >= 11 is 10.9. The third-order valence-electron chi connectivity index (χ3n) is 3.81. The van der Waals surface area contributed by atoms with Crippen LogP contribution in [0.2, 0.25) is 0 Å². The lowest BCUT2D eigenvalue weighted by atomic mass is 10.0. The monoisotopic (exact) mass is 458 g/mol. The number of hydrogen-bond donors (Lipinski definition) is 3.